The Morgan fingerprint density at radius 1 is 1.21 bits per heavy atom. The molecule has 0 radical (unpaired) electrons. The van der Waals surface area contributed by atoms with Gasteiger partial charge in [0.05, 0.1) is 25.7 Å². The van der Waals surface area contributed by atoms with Gasteiger partial charge in [-0.2, -0.15) is 0 Å². The lowest BCUT2D eigenvalue weighted by Crippen LogP contribution is -2.48. The number of rotatable bonds is 10. The molecule has 1 saturated heterocycles. The number of benzene rings is 1. The summed E-state index contributed by atoms with van der Waals surface area (Å²) in [4.78, 5) is 39.6. The quantitative estimate of drug-likeness (QED) is 0.475. The molecule has 1 heterocycles. The summed E-state index contributed by atoms with van der Waals surface area (Å²) in [5.74, 6) is -2.48. The smallest absolute Gasteiger partial charge is 0.324 e. The molecule has 0 spiro atoms. The number of nitrogens with zero attached hydrogens (tertiary/aromatic N) is 1. The van der Waals surface area contributed by atoms with Crippen LogP contribution in [-0.2, 0) is 30.3 Å². The lowest BCUT2D eigenvalue weighted by atomic mass is 9.78. The van der Waals surface area contributed by atoms with Gasteiger partial charge >= 0.3 is 11.9 Å². The first-order valence-corrected chi connectivity index (χ1v) is 10.2. The van der Waals surface area contributed by atoms with Crippen molar-refractivity contribution in [1.82, 2.24) is 4.90 Å². The molecule has 2 atom stereocenters. The van der Waals surface area contributed by atoms with Gasteiger partial charge in [0.2, 0.25) is 5.91 Å². The SMILES string of the molecule is CCC(C)OC(=O)C(CCCc1ccccc1)(CC(=O)N1CCOCC1)C(=O)O. The van der Waals surface area contributed by atoms with E-state index in [1.54, 1.807) is 11.8 Å². The van der Waals surface area contributed by atoms with E-state index in [0.29, 0.717) is 45.6 Å². The number of carbonyl (C=O) groups excluding carboxylic acids is 2. The second-order valence-corrected chi connectivity index (χ2v) is 7.52. The number of esters is 1. The van der Waals surface area contributed by atoms with Crippen molar-refractivity contribution in [2.45, 2.75) is 52.1 Å². The second kappa shape index (κ2) is 11.0. The topological polar surface area (TPSA) is 93.1 Å². The minimum Gasteiger partial charge on any atom is -0.480 e. The molecule has 0 bridgehead atoms. The Morgan fingerprint density at radius 3 is 2.45 bits per heavy atom. The number of aryl methyl sites for hydroxylation is 1. The number of carboxylic acids is 1. The van der Waals surface area contributed by atoms with E-state index in [2.05, 4.69) is 0 Å². The van der Waals surface area contributed by atoms with Crippen molar-refractivity contribution < 1.29 is 29.0 Å². The maximum atomic E-state index is 12.9. The number of hydrogen-bond donors (Lipinski definition) is 1. The van der Waals surface area contributed by atoms with Crippen LogP contribution in [0.4, 0.5) is 0 Å². The Balaban J connectivity index is 2.18. The fraction of sp³-hybridized carbons (Fsp3) is 0.591. The van der Waals surface area contributed by atoms with Crippen LogP contribution in [0, 0.1) is 5.41 Å². The number of ether oxygens (including phenoxy) is 2. The summed E-state index contributed by atoms with van der Waals surface area (Å²) < 4.78 is 10.7. The molecule has 7 heteroatoms. The van der Waals surface area contributed by atoms with E-state index in [9.17, 15) is 19.5 Å². The highest BCUT2D eigenvalue weighted by atomic mass is 16.5. The Labute approximate surface area is 172 Å². The zero-order chi connectivity index (χ0) is 21.3. The third kappa shape index (κ3) is 6.29. The van der Waals surface area contributed by atoms with Crippen LogP contribution in [0.1, 0.15) is 45.1 Å². The van der Waals surface area contributed by atoms with E-state index in [1.165, 1.54) is 0 Å². The number of carbonyl (C=O) groups is 3. The fourth-order valence-electron chi connectivity index (χ4n) is 3.33. The molecule has 1 aromatic carbocycles. The second-order valence-electron chi connectivity index (χ2n) is 7.52. The first kappa shape index (κ1) is 22.9. The van der Waals surface area contributed by atoms with Crippen LogP contribution in [0.2, 0.25) is 0 Å². The predicted molar refractivity (Wildman–Crippen MR) is 107 cm³/mol. The molecule has 7 nitrogen and oxygen atoms in total. The lowest BCUT2D eigenvalue weighted by molar-refractivity contribution is -0.176. The highest BCUT2D eigenvalue weighted by Crippen LogP contribution is 2.33. The standard InChI is InChI=1S/C22H31NO6/c1-3-17(2)29-21(27)22(20(25)26,11-7-10-18-8-5-4-6-9-18)16-19(24)23-12-14-28-15-13-23/h4-6,8-9,17H,3,7,10-16H2,1-2H3,(H,25,26). The minimum absolute atomic E-state index is 0.0442. The molecule has 1 amide bonds. The number of morpholine rings is 1. The van der Waals surface area contributed by atoms with Crippen LogP contribution in [0.25, 0.3) is 0 Å². The van der Waals surface area contributed by atoms with E-state index in [-0.39, 0.29) is 12.3 Å². The molecule has 0 aromatic heterocycles. The largest absolute Gasteiger partial charge is 0.480 e. The lowest BCUT2D eigenvalue weighted by Gasteiger charge is -2.32. The van der Waals surface area contributed by atoms with Crippen molar-refractivity contribution in [2.75, 3.05) is 26.3 Å². The summed E-state index contributed by atoms with van der Waals surface area (Å²) in [6.07, 6.45) is 0.895. The van der Waals surface area contributed by atoms with Gasteiger partial charge in [-0.25, -0.2) is 0 Å². The Kier molecular flexibility index (Phi) is 8.64. The van der Waals surface area contributed by atoms with Gasteiger partial charge < -0.3 is 19.5 Å². The molecule has 2 rings (SSSR count). The molecule has 2 unspecified atom stereocenters. The van der Waals surface area contributed by atoms with Crippen LogP contribution in [0.3, 0.4) is 0 Å². The fourth-order valence-corrected chi connectivity index (χ4v) is 3.33. The highest BCUT2D eigenvalue weighted by molar-refractivity contribution is 6.03. The number of hydrogen-bond acceptors (Lipinski definition) is 5. The molecule has 160 valence electrons. The van der Waals surface area contributed by atoms with Crippen molar-refractivity contribution in [2.24, 2.45) is 5.41 Å². The van der Waals surface area contributed by atoms with Crippen LogP contribution in [0.15, 0.2) is 30.3 Å². The van der Waals surface area contributed by atoms with E-state index in [1.807, 2.05) is 37.3 Å². The van der Waals surface area contributed by atoms with Crippen molar-refractivity contribution in [3.63, 3.8) is 0 Å². The molecule has 1 N–H and O–H groups in total. The minimum atomic E-state index is -1.88. The molecular weight excluding hydrogens is 374 g/mol. The van der Waals surface area contributed by atoms with E-state index >= 15 is 0 Å². The number of aliphatic carboxylic acids is 1. The van der Waals surface area contributed by atoms with Crippen LogP contribution in [-0.4, -0.2) is 60.3 Å². The van der Waals surface area contributed by atoms with Crippen molar-refractivity contribution in [3.8, 4) is 0 Å². The summed E-state index contributed by atoms with van der Waals surface area (Å²) >= 11 is 0. The summed E-state index contributed by atoms with van der Waals surface area (Å²) in [7, 11) is 0. The van der Waals surface area contributed by atoms with Gasteiger partial charge in [0.1, 0.15) is 0 Å². The summed E-state index contributed by atoms with van der Waals surface area (Å²) in [6, 6.07) is 9.66. The first-order chi connectivity index (χ1) is 13.9. The Morgan fingerprint density at radius 2 is 1.86 bits per heavy atom. The van der Waals surface area contributed by atoms with Gasteiger partial charge in [0, 0.05) is 13.1 Å². The molecule has 0 saturated carbocycles. The molecule has 1 aliphatic heterocycles. The maximum Gasteiger partial charge on any atom is 0.324 e. The molecule has 0 aliphatic carbocycles. The third-order valence-electron chi connectivity index (χ3n) is 5.41. The molecule has 29 heavy (non-hydrogen) atoms. The molecule has 1 aromatic rings. The van der Waals surface area contributed by atoms with E-state index < -0.39 is 29.9 Å². The summed E-state index contributed by atoms with van der Waals surface area (Å²) in [5, 5.41) is 10.0. The monoisotopic (exact) mass is 405 g/mol. The Hall–Kier alpha value is -2.41. The zero-order valence-electron chi connectivity index (χ0n) is 17.3. The van der Waals surface area contributed by atoms with Gasteiger partial charge in [0.15, 0.2) is 5.41 Å². The highest BCUT2D eigenvalue weighted by Gasteiger charge is 2.50. The van der Waals surface area contributed by atoms with Crippen molar-refractivity contribution in [3.05, 3.63) is 35.9 Å². The van der Waals surface area contributed by atoms with Gasteiger partial charge in [-0.1, -0.05) is 37.3 Å². The average Bonchev–Trinajstić information content (AvgIpc) is 2.73. The Bertz CT molecular complexity index is 686. The zero-order valence-corrected chi connectivity index (χ0v) is 17.3. The third-order valence-corrected chi connectivity index (χ3v) is 5.41. The van der Waals surface area contributed by atoms with E-state index in [0.717, 1.165) is 5.56 Å². The van der Waals surface area contributed by atoms with Gasteiger partial charge in [-0.3, -0.25) is 14.4 Å². The van der Waals surface area contributed by atoms with Crippen LogP contribution < -0.4 is 0 Å². The van der Waals surface area contributed by atoms with E-state index in [4.69, 9.17) is 9.47 Å². The van der Waals surface area contributed by atoms with Crippen molar-refractivity contribution >= 4 is 17.8 Å². The normalized spacial score (nSPS) is 17.2. The van der Waals surface area contributed by atoms with Crippen LogP contribution >= 0.6 is 0 Å². The van der Waals surface area contributed by atoms with Crippen molar-refractivity contribution in [1.29, 1.82) is 0 Å². The average molecular weight is 405 g/mol. The van der Waals surface area contributed by atoms with Crippen LogP contribution in [0.5, 0.6) is 0 Å². The maximum absolute atomic E-state index is 12.9. The summed E-state index contributed by atoms with van der Waals surface area (Å²) in [6.45, 7) is 5.21. The van der Waals surface area contributed by atoms with Gasteiger partial charge in [-0.05, 0) is 38.2 Å². The van der Waals surface area contributed by atoms with Gasteiger partial charge in [0.25, 0.3) is 0 Å². The predicted octanol–water partition coefficient (Wildman–Crippen LogP) is 2.67. The summed E-state index contributed by atoms with van der Waals surface area (Å²) in [5.41, 5.74) is -0.824. The molecular formula is C22H31NO6. The number of amides is 1. The van der Waals surface area contributed by atoms with Gasteiger partial charge in [-0.15, -0.1) is 0 Å². The number of carboxylic acid groups (broad SMARTS) is 1. The molecule has 1 aliphatic rings. The molecule has 1 fully saturated rings. The first-order valence-electron chi connectivity index (χ1n) is 10.2.